The van der Waals surface area contributed by atoms with Crippen LogP contribution in [0.25, 0.3) is 11.3 Å². The molecule has 0 atom stereocenters. The van der Waals surface area contributed by atoms with Gasteiger partial charge in [0, 0.05) is 23.4 Å². The maximum atomic E-state index is 13.5. The number of hydrogen-bond acceptors (Lipinski definition) is 5. The summed E-state index contributed by atoms with van der Waals surface area (Å²) in [6, 6.07) is 8.81. The zero-order valence-corrected chi connectivity index (χ0v) is 15.2. The van der Waals surface area contributed by atoms with Gasteiger partial charge in [-0.05, 0) is 25.1 Å². The third kappa shape index (κ3) is 5.31. The molecule has 0 amide bonds. The molecule has 0 unspecified atom stereocenters. The molecule has 6 nitrogen and oxygen atoms in total. The van der Waals surface area contributed by atoms with Crippen molar-refractivity contribution in [2.45, 2.75) is 19.7 Å². The Hall–Kier alpha value is -3.43. The molecular formula is C19H16F4N4O2. The lowest BCUT2D eigenvalue weighted by Gasteiger charge is -2.08. The van der Waals surface area contributed by atoms with Crippen LogP contribution in [0.3, 0.4) is 0 Å². The van der Waals surface area contributed by atoms with Gasteiger partial charge in [0.2, 0.25) is 5.88 Å². The molecule has 0 saturated carbocycles. The third-order valence-electron chi connectivity index (χ3n) is 3.91. The summed E-state index contributed by atoms with van der Waals surface area (Å²) in [7, 11) is 0. The van der Waals surface area contributed by atoms with Crippen LogP contribution in [-0.4, -0.2) is 28.7 Å². The molecule has 0 saturated heterocycles. The number of aliphatic imine (C=N–C) groups is 1. The molecule has 29 heavy (non-hydrogen) atoms. The van der Waals surface area contributed by atoms with E-state index in [9.17, 15) is 17.6 Å². The number of halogens is 4. The van der Waals surface area contributed by atoms with Gasteiger partial charge in [0.25, 0.3) is 0 Å². The van der Waals surface area contributed by atoms with E-state index in [0.29, 0.717) is 22.6 Å². The highest BCUT2D eigenvalue weighted by Gasteiger charge is 2.26. The van der Waals surface area contributed by atoms with E-state index in [-0.39, 0.29) is 23.9 Å². The van der Waals surface area contributed by atoms with Gasteiger partial charge in [0.1, 0.15) is 36.3 Å². The van der Waals surface area contributed by atoms with E-state index >= 15 is 0 Å². The monoisotopic (exact) mass is 408 g/mol. The largest absolute Gasteiger partial charge is 0.473 e. The minimum Gasteiger partial charge on any atom is -0.473 e. The number of hydrogen-bond donors (Lipinski definition) is 1. The van der Waals surface area contributed by atoms with E-state index in [2.05, 4.69) is 15.1 Å². The summed E-state index contributed by atoms with van der Waals surface area (Å²) < 4.78 is 60.9. The molecule has 10 heteroatoms. The molecule has 0 aliphatic heterocycles. The summed E-state index contributed by atoms with van der Waals surface area (Å²) >= 11 is 0. The number of rotatable bonds is 6. The molecule has 3 aromatic rings. The van der Waals surface area contributed by atoms with Crippen LogP contribution in [0.2, 0.25) is 0 Å². The summed E-state index contributed by atoms with van der Waals surface area (Å²) in [5.74, 6) is 0.0364. The summed E-state index contributed by atoms with van der Waals surface area (Å²) in [5.41, 5.74) is 7.38. The number of alkyl halides is 3. The van der Waals surface area contributed by atoms with Crippen LogP contribution in [-0.2, 0) is 6.61 Å². The van der Waals surface area contributed by atoms with Gasteiger partial charge >= 0.3 is 6.18 Å². The van der Waals surface area contributed by atoms with Crippen molar-refractivity contribution in [3.63, 3.8) is 0 Å². The molecule has 0 radical (unpaired) electrons. The lowest BCUT2D eigenvalue weighted by atomic mass is 10.1. The normalized spacial score (nSPS) is 12.2. The molecule has 2 heterocycles. The number of aryl methyl sites for hydroxylation is 1. The Bertz CT molecular complexity index is 1010. The first-order valence-corrected chi connectivity index (χ1v) is 8.40. The van der Waals surface area contributed by atoms with Crippen LogP contribution in [0.1, 0.15) is 16.9 Å². The van der Waals surface area contributed by atoms with E-state index in [0.717, 1.165) is 0 Å². The number of amidine groups is 1. The number of nitrogens with zero attached hydrogens (tertiary/aromatic N) is 3. The molecular weight excluding hydrogens is 392 g/mol. The molecule has 3 rings (SSSR count). The lowest BCUT2D eigenvalue weighted by Crippen LogP contribution is -2.19. The van der Waals surface area contributed by atoms with Gasteiger partial charge in [-0.15, -0.1) is 0 Å². The van der Waals surface area contributed by atoms with Gasteiger partial charge in [0.15, 0.2) is 0 Å². The van der Waals surface area contributed by atoms with E-state index < -0.39 is 18.5 Å². The summed E-state index contributed by atoms with van der Waals surface area (Å²) in [6.45, 7) is 0.376. The van der Waals surface area contributed by atoms with E-state index in [1.54, 1.807) is 19.1 Å². The van der Waals surface area contributed by atoms with Crippen LogP contribution in [0.4, 0.5) is 17.6 Å². The molecule has 152 valence electrons. The number of aromatic nitrogens is 2. The van der Waals surface area contributed by atoms with Crippen LogP contribution in [0.15, 0.2) is 52.1 Å². The summed E-state index contributed by atoms with van der Waals surface area (Å²) in [5, 5.41) is 3.95. The Balaban J connectivity index is 1.71. The molecule has 1 aromatic carbocycles. The lowest BCUT2D eigenvalue weighted by molar-refractivity contribution is -0.118. The van der Waals surface area contributed by atoms with Gasteiger partial charge in [-0.25, -0.2) is 9.37 Å². The maximum absolute atomic E-state index is 13.5. The molecule has 0 aliphatic rings. The zero-order valence-electron chi connectivity index (χ0n) is 15.2. The SMILES string of the molecule is Cc1onc(-c2cccc(F)c2)c1COc1ccc(C(N)=NCC(F)(F)F)cn1. The number of pyridine rings is 1. The van der Waals surface area contributed by atoms with Crippen molar-refractivity contribution >= 4 is 5.84 Å². The quantitative estimate of drug-likeness (QED) is 0.378. The van der Waals surface area contributed by atoms with Gasteiger partial charge < -0.3 is 15.0 Å². The second-order valence-corrected chi connectivity index (χ2v) is 6.07. The van der Waals surface area contributed by atoms with Gasteiger partial charge in [-0.2, -0.15) is 13.2 Å². The average molecular weight is 408 g/mol. The van der Waals surface area contributed by atoms with Gasteiger partial charge in [-0.1, -0.05) is 17.3 Å². The van der Waals surface area contributed by atoms with Crippen LogP contribution >= 0.6 is 0 Å². The topological polar surface area (TPSA) is 86.5 Å². The minimum atomic E-state index is -4.43. The predicted molar refractivity (Wildman–Crippen MR) is 96.8 cm³/mol. The predicted octanol–water partition coefficient (Wildman–Crippen LogP) is 4.03. The first-order chi connectivity index (χ1) is 13.7. The van der Waals surface area contributed by atoms with Crippen molar-refractivity contribution in [1.29, 1.82) is 0 Å². The number of nitrogens with two attached hydrogens (primary N) is 1. The fraction of sp³-hybridized carbons (Fsp3) is 0.211. The van der Waals surface area contributed by atoms with Gasteiger partial charge in [-0.3, -0.25) is 4.99 Å². The second-order valence-electron chi connectivity index (χ2n) is 6.07. The molecule has 2 aromatic heterocycles. The number of benzene rings is 1. The first kappa shape index (κ1) is 20.3. The number of ether oxygens (including phenoxy) is 1. The fourth-order valence-electron chi connectivity index (χ4n) is 2.45. The Morgan fingerprint density at radius 1 is 1.24 bits per heavy atom. The Kier molecular flexibility index (Phi) is 5.81. The highest BCUT2D eigenvalue weighted by Crippen LogP contribution is 2.27. The Morgan fingerprint density at radius 2 is 2.03 bits per heavy atom. The average Bonchev–Trinajstić information content (AvgIpc) is 3.05. The van der Waals surface area contributed by atoms with E-state index in [4.69, 9.17) is 15.0 Å². The standard InChI is InChI=1S/C19H16F4N4O2/c1-11-15(17(27-29-11)12-3-2-4-14(20)7-12)9-28-16-6-5-13(8-25-16)18(24)26-10-19(21,22)23/h2-8H,9-10H2,1H3,(H2,24,26). The highest BCUT2D eigenvalue weighted by atomic mass is 19.4. The molecule has 0 spiro atoms. The van der Waals surface area contributed by atoms with Crippen LogP contribution in [0.5, 0.6) is 5.88 Å². The molecule has 0 aliphatic carbocycles. The second kappa shape index (κ2) is 8.29. The summed E-state index contributed by atoms with van der Waals surface area (Å²) in [4.78, 5) is 7.30. The highest BCUT2D eigenvalue weighted by molar-refractivity contribution is 5.97. The van der Waals surface area contributed by atoms with Crippen molar-refractivity contribution in [3.8, 4) is 17.1 Å². The van der Waals surface area contributed by atoms with Crippen LogP contribution < -0.4 is 10.5 Å². The van der Waals surface area contributed by atoms with Crippen molar-refractivity contribution in [2.24, 2.45) is 10.7 Å². The Labute approximate surface area is 163 Å². The van der Waals surface area contributed by atoms with E-state index in [1.165, 1.54) is 30.5 Å². The maximum Gasteiger partial charge on any atom is 0.408 e. The van der Waals surface area contributed by atoms with Crippen molar-refractivity contribution in [2.75, 3.05) is 6.54 Å². The van der Waals surface area contributed by atoms with E-state index in [1.807, 2.05) is 0 Å². The molecule has 0 bridgehead atoms. The third-order valence-corrected chi connectivity index (χ3v) is 3.91. The van der Waals surface area contributed by atoms with Crippen molar-refractivity contribution < 1.29 is 26.8 Å². The van der Waals surface area contributed by atoms with Crippen LogP contribution in [0, 0.1) is 12.7 Å². The van der Waals surface area contributed by atoms with Crippen molar-refractivity contribution in [1.82, 2.24) is 10.1 Å². The molecule has 0 fully saturated rings. The fourth-order valence-corrected chi connectivity index (χ4v) is 2.45. The Morgan fingerprint density at radius 3 is 2.69 bits per heavy atom. The first-order valence-electron chi connectivity index (χ1n) is 8.40. The molecule has 2 N–H and O–H groups in total. The smallest absolute Gasteiger partial charge is 0.408 e. The van der Waals surface area contributed by atoms with Gasteiger partial charge in [0.05, 0.1) is 5.56 Å². The minimum absolute atomic E-state index is 0.0468. The zero-order chi connectivity index (χ0) is 21.0. The van der Waals surface area contributed by atoms with Crippen molar-refractivity contribution in [3.05, 3.63) is 65.3 Å². The summed E-state index contributed by atoms with van der Waals surface area (Å²) in [6.07, 6.45) is -3.17.